The van der Waals surface area contributed by atoms with E-state index in [1.165, 1.54) is 23.8 Å². The summed E-state index contributed by atoms with van der Waals surface area (Å²) in [6.07, 6.45) is 3.09. The summed E-state index contributed by atoms with van der Waals surface area (Å²) in [5.74, 6) is 0.215. The largest absolute Gasteiger partial charge is 0.424 e. The zero-order valence-corrected chi connectivity index (χ0v) is 17.9. The number of rotatable bonds is 9. The lowest BCUT2D eigenvalue weighted by Crippen LogP contribution is -2.39. The van der Waals surface area contributed by atoms with E-state index in [-0.39, 0.29) is 54.1 Å². The van der Waals surface area contributed by atoms with Crippen molar-refractivity contribution in [1.29, 1.82) is 0 Å². The molecule has 2 aromatic heterocycles. The monoisotopic (exact) mass is 442 g/mol. The number of aliphatic hydroxyl groups is 1. The fourth-order valence-corrected chi connectivity index (χ4v) is 3.27. The van der Waals surface area contributed by atoms with Gasteiger partial charge in [-0.3, -0.25) is 18.5 Å². The number of aryl methyl sites for hydroxylation is 1. The molecule has 0 saturated heterocycles. The fourth-order valence-electron chi connectivity index (χ4n) is 3.16. The summed E-state index contributed by atoms with van der Waals surface area (Å²) in [6.45, 7) is 7.54. The molecule has 3 aromatic rings. The van der Waals surface area contributed by atoms with Crippen LogP contribution >= 0.6 is 11.6 Å². The topological polar surface area (TPSA) is 91.3 Å². The van der Waals surface area contributed by atoms with Crippen molar-refractivity contribution in [3.05, 3.63) is 92.8 Å². The lowest BCUT2D eigenvalue weighted by Gasteiger charge is -2.12. The zero-order chi connectivity index (χ0) is 22.5. The van der Waals surface area contributed by atoms with E-state index in [0.717, 1.165) is 10.1 Å². The maximum Gasteiger partial charge on any atom is 0.332 e. The predicted molar refractivity (Wildman–Crippen MR) is 120 cm³/mol. The molecule has 0 spiro atoms. The molecule has 0 saturated carbocycles. The Morgan fingerprint density at radius 1 is 1.19 bits per heavy atom. The van der Waals surface area contributed by atoms with Crippen LogP contribution in [0.4, 0.5) is 0 Å². The van der Waals surface area contributed by atoms with Crippen molar-refractivity contribution in [2.24, 2.45) is 7.05 Å². The molecule has 2 heterocycles. The maximum atomic E-state index is 13.3. The number of hydrogen-bond donors (Lipinski definition) is 1. The van der Waals surface area contributed by atoms with Crippen LogP contribution in [0.2, 0.25) is 0 Å². The first-order chi connectivity index (χ1) is 14.9. The van der Waals surface area contributed by atoms with E-state index in [9.17, 15) is 9.59 Å². The number of allylic oxidation sites excluding steroid dienone is 3. The van der Waals surface area contributed by atoms with Crippen LogP contribution in [0.5, 0.6) is 6.01 Å². The fraction of sp³-hybridized carbons (Fsp3) is 0.227. The molecule has 8 nitrogen and oxygen atoms in total. The Labute approximate surface area is 183 Å². The third-order valence-corrected chi connectivity index (χ3v) is 5.06. The second-order valence-corrected chi connectivity index (χ2v) is 7.14. The van der Waals surface area contributed by atoms with Crippen molar-refractivity contribution in [2.75, 3.05) is 6.61 Å². The molecular formula is C22H23ClN4O4. The molecule has 0 amide bonds. The van der Waals surface area contributed by atoms with Crippen molar-refractivity contribution < 1.29 is 9.84 Å². The highest BCUT2D eigenvalue weighted by Crippen LogP contribution is 2.24. The first-order valence-corrected chi connectivity index (χ1v) is 9.98. The highest BCUT2D eigenvalue weighted by atomic mass is 35.5. The Hall–Kier alpha value is -3.36. The standard InChI is InChI=1S/C22H23ClN4O4/c1-4-16(23)17(5-2)31-21-24-19-18(27(21)14-15-10-7-6-8-11-15)20(29)26(12-9-13-28)22(30)25(19)3/h4-8,10-11,28H,1-2,9,12-14H2,3H3/b17-16-. The normalized spacial score (nSPS) is 12.0. The van der Waals surface area contributed by atoms with Gasteiger partial charge >= 0.3 is 11.7 Å². The molecule has 0 fully saturated rings. The minimum Gasteiger partial charge on any atom is -0.424 e. The molecule has 31 heavy (non-hydrogen) atoms. The molecule has 0 unspecified atom stereocenters. The van der Waals surface area contributed by atoms with Crippen LogP contribution < -0.4 is 16.0 Å². The summed E-state index contributed by atoms with van der Waals surface area (Å²) in [5.41, 5.74) is 0.256. The van der Waals surface area contributed by atoms with Crippen LogP contribution in [0.3, 0.4) is 0 Å². The average molecular weight is 443 g/mol. The number of halogens is 1. The minimum absolute atomic E-state index is 0.0840. The molecular weight excluding hydrogens is 420 g/mol. The van der Waals surface area contributed by atoms with Crippen LogP contribution in [0, 0.1) is 0 Å². The summed E-state index contributed by atoms with van der Waals surface area (Å²) in [5, 5.41) is 9.37. The van der Waals surface area contributed by atoms with Crippen LogP contribution in [0.15, 0.2) is 76.0 Å². The number of nitrogens with zero attached hydrogens (tertiary/aromatic N) is 4. The van der Waals surface area contributed by atoms with Gasteiger partial charge in [-0.05, 0) is 24.1 Å². The molecule has 162 valence electrons. The van der Waals surface area contributed by atoms with Gasteiger partial charge in [0, 0.05) is 20.2 Å². The minimum atomic E-state index is -0.523. The van der Waals surface area contributed by atoms with Gasteiger partial charge in [0.05, 0.1) is 11.6 Å². The van der Waals surface area contributed by atoms with E-state index in [1.54, 1.807) is 4.57 Å². The Kier molecular flexibility index (Phi) is 6.94. The molecule has 1 N–H and O–H groups in total. The van der Waals surface area contributed by atoms with E-state index in [4.69, 9.17) is 21.4 Å². The lowest BCUT2D eigenvalue weighted by molar-refractivity contribution is 0.277. The van der Waals surface area contributed by atoms with E-state index in [2.05, 4.69) is 18.1 Å². The average Bonchev–Trinajstić information content (AvgIpc) is 3.14. The number of imidazole rings is 1. The quantitative estimate of drug-likeness (QED) is 0.406. The third-order valence-electron chi connectivity index (χ3n) is 4.72. The molecule has 0 atom stereocenters. The molecule has 1 aromatic carbocycles. The summed E-state index contributed by atoms with van der Waals surface area (Å²) in [6, 6.07) is 9.55. The highest BCUT2D eigenvalue weighted by molar-refractivity contribution is 6.31. The molecule has 9 heteroatoms. The zero-order valence-electron chi connectivity index (χ0n) is 17.1. The first kappa shape index (κ1) is 22.3. The number of benzene rings is 1. The number of aliphatic hydroxyl groups excluding tert-OH is 1. The summed E-state index contributed by atoms with van der Waals surface area (Å²) in [7, 11) is 1.53. The predicted octanol–water partition coefficient (Wildman–Crippen LogP) is 2.53. The van der Waals surface area contributed by atoms with E-state index in [1.807, 2.05) is 30.3 Å². The van der Waals surface area contributed by atoms with Gasteiger partial charge in [0.15, 0.2) is 11.2 Å². The van der Waals surface area contributed by atoms with Crippen LogP contribution in [-0.2, 0) is 20.1 Å². The summed E-state index contributed by atoms with van der Waals surface area (Å²) in [4.78, 5) is 30.4. The van der Waals surface area contributed by atoms with Gasteiger partial charge in [-0.25, -0.2) is 4.79 Å². The summed E-state index contributed by atoms with van der Waals surface area (Å²) >= 11 is 6.15. The van der Waals surface area contributed by atoms with Gasteiger partial charge in [0.1, 0.15) is 5.76 Å². The lowest BCUT2D eigenvalue weighted by atomic mass is 10.2. The molecule has 0 aliphatic rings. The molecule has 0 radical (unpaired) electrons. The Morgan fingerprint density at radius 2 is 1.90 bits per heavy atom. The molecule has 0 bridgehead atoms. The number of fused-ring (bicyclic) bond motifs is 1. The van der Waals surface area contributed by atoms with Gasteiger partial charge in [0.2, 0.25) is 0 Å². The number of hydrogen-bond acceptors (Lipinski definition) is 5. The second-order valence-electron chi connectivity index (χ2n) is 6.74. The van der Waals surface area contributed by atoms with Crippen LogP contribution in [0.25, 0.3) is 11.2 Å². The number of aromatic nitrogens is 4. The molecule has 0 aliphatic carbocycles. The van der Waals surface area contributed by atoms with Crippen molar-refractivity contribution in [1.82, 2.24) is 18.7 Å². The van der Waals surface area contributed by atoms with Gasteiger partial charge in [-0.1, -0.05) is 55.1 Å². The first-order valence-electron chi connectivity index (χ1n) is 9.60. The Bertz CT molecular complexity index is 1270. The van der Waals surface area contributed by atoms with E-state index < -0.39 is 11.2 Å². The van der Waals surface area contributed by atoms with Crippen molar-refractivity contribution in [2.45, 2.75) is 19.5 Å². The van der Waals surface area contributed by atoms with Gasteiger partial charge in [-0.15, -0.1) is 0 Å². The van der Waals surface area contributed by atoms with Crippen molar-refractivity contribution in [3.63, 3.8) is 0 Å². The van der Waals surface area contributed by atoms with Crippen LogP contribution in [-0.4, -0.2) is 30.4 Å². The Balaban J connectivity index is 2.31. The maximum absolute atomic E-state index is 13.3. The second kappa shape index (κ2) is 9.63. The third kappa shape index (κ3) is 4.40. The SMILES string of the molecule is C=C/C(Cl)=C(\C=C)Oc1nc2c(c(=O)n(CCCO)c(=O)n2C)n1Cc1ccccc1. The van der Waals surface area contributed by atoms with E-state index >= 15 is 0 Å². The van der Waals surface area contributed by atoms with Crippen LogP contribution in [0.1, 0.15) is 12.0 Å². The number of ether oxygens (including phenoxy) is 1. The smallest absolute Gasteiger partial charge is 0.332 e. The van der Waals surface area contributed by atoms with Gasteiger partial charge < -0.3 is 9.84 Å². The Morgan fingerprint density at radius 3 is 2.52 bits per heavy atom. The van der Waals surface area contributed by atoms with Gasteiger partial charge in [-0.2, -0.15) is 4.98 Å². The highest BCUT2D eigenvalue weighted by Gasteiger charge is 2.22. The summed E-state index contributed by atoms with van der Waals surface area (Å²) < 4.78 is 9.85. The van der Waals surface area contributed by atoms with Crippen molar-refractivity contribution in [3.8, 4) is 6.01 Å². The van der Waals surface area contributed by atoms with Crippen molar-refractivity contribution >= 4 is 22.8 Å². The molecule has 3 rings (SSSR count). The van der Waals surface area contributed by atoms with Gasteiger partial charge in [0.25, 0.3) is 5.56 Å². The van der Waals surface area contributed by atoms with E-state index in [0.29, 0.717) is 0 Å². The molecule has 0 aliphatic heterocycles.